The number of benzene rings is 2. The first-order valence-electron chi connectivity index (χ1n) is 11.6. The van der Waals surface area contributed by atoms with Gasteiger partial charge in [-0.05, 0) is 79.4 Å². The number of carbonyl (C=O) groups excluding carboxylic acids is 1. The molecule has 1 fully saturated rings. The summed E-state index contributed by atoms with van der Waals surface area (Å²) in [5, 5.41) is 11.6. The van der Waals surface area contributed by atoms with E-state index >= 15 is 0 Å². The van der Waals surface area contributed by atoms with E-state index in [0.29, 0.717) is 17.9 Å². The molecule has 1 aliphatic heterocycles. The first-order valence-corrected chi connectivity index (χ1v) is 12.4. The summed E-state index contributed by atoms with van der Waals surface area (Å²) >= 11 is 1.63. The number of hydrogen-bond donors (Lipinski definition) is 2. The third-order valence-corrected chi connectivity index (χ3v) is 6.43. The van der Waals surface area contributed by atoms with Crippen LogP contribution in [0, 0.1) is 17.0 Å². The van der Waals surface area contributed by atoms with Crippen molar-refractivity contribution in [3.63, 3.8) is 0 Å². The second kappa shape index (κ2) is 14.0. The van der Waals surface area contributed by atoms with Gasteiger partial charge in [0.15, 0.2) is 11.6 Å². The monoisotopic (exact) mass is 508 g/mol. The number of halogens is 2. The third-order valence-electron chi connectivity index (χ3n) is 5.32. The van der Waals surface area contributed by atoms with Crippen molar-refractivity contribution >= 4 is 24.3 Å². The van der Waals surface area contributed by atoms with Crippen LogP contribution in [0.2, 0.25) is 0 Å². The molecule has 0 atom stereocenters. The van der Waals surface area contributed by atoms with Crippen LogP contribution in [0.4, 0.5) is 8.78 Å². The fourth-order valence-electron chi connectivity index (χ4n) is 3.38. The van der Waals surface area contributed by atoms with Crippen LogP contribution in [-0.2, 0) is 4.79 Å². The lowest BCUT2D eigenvalue weighted by Gasteiger charge is -2.30. The lowest BCUT2D eigenvalue weighted by atomic mass is 9.91. The van der Waals surface area contributed by atoms with Gasteiger partial charge in [-0.1, -0.05) is 20.8 Å². The molecule has 2 aromatic carbocycles. The predicted octanol–water partition coefficient (Wildman–Crippen LogP) is 5.77. The highest BCUT2D eigenvalue weighted by Gasteiger charge is 2.19. The molecule has 2 aromatic rings. The molecule has 6 nitrogen and oxygen atoms in total. The van der Waals surface area contributed by atoms with Gasteiger partial charge in [-0.2, -0.15) is 0 Å². The molecule has 35 heavy (non-hydrogen) atoms. The van der Waals surface area contributed by atoms with Gasteiger partial charge in [-0.25, -0.2) is 17.9 Å². The summed E-state index contributed by atoms with van der Waals surface area (Å²) < 4.78 is 33.0. The summed E-state index contributed by atoms with van der Waals surface area (Å²) in [5.41, 5.74) is 0.579. The summed E-state index contributed by atoms with van der Waals surface area (Å²) in [6.45, 7) is 8.83. The maximum atomic E-state index is 12.8. The predicted molar refractivity (Wildman–Crippen MR) is 134 cm³/mol. The second-order valence-corrected chi connectivity index (χ2v) is 10.7. The van der Waals surface area contributed by atoms with Crippen LogP contribution >= 0.6 is 11.9 Å². The number of ether oxygens (including phenoxy) is 1. The highest BCUT2D eigenvalue weighted by Crippen LogP contribution is 2.26. The first-order chi connectivity index (χ1) is 16.6. The highest BCUT2D eigenvalue weighted by molar-refractivity contribution is 7.97. The summed E-state index contributed by atoms with van der Waals surface area (Å²) in [6.07, 6.45) is 4.59. The van der Waals surface area contributed by atoms with Gasteiger partial charge in [0, 0.05) is 30.1 Å². The number of nitrogens with one attached hydrogen (secondary N) is 1. The van der Waals surface area contributed by atoms with Crippen molar-refractivity contribution in [3.8, 4) is 5.75 Å². The van der Waals surface area contributed by atoms with E-state index in [1.807, 2.05) is 12.1 Å². The smallest absolute Gasteiger partial charge is 0.335 e. The van der Waals surface area contributed by atoms with E-state index in [0.717, 1.165) is 62.2 Å². The molecule has 1 heterocycles. The Labute approximate surface area is 210 Å². The van der Waals surface area contributed by atoms with E-state index in [-0.39, 0.29) is 11.5 Å². The highest BCUT2D eigenvalue weighted by atomic mass is 32.2. The minimum absolute atomic E-state index is 0.275. The maximum Gasteiger partial charge on any atom is 0.335 e. The van der Waals surface area contributed by atoms with Gasteiger partial charge in [0.1, 0.15) is 5.75 Å². The number of nitrogens with zero attached hydrogens (tertiary/aromatic N) is 1. The Hall–Kier alpha value is -2.65. The van der Waals surface area contributed by atoms with E-state index < -0.39 is 17.6 Å². The molecule has 1 amide bonds. The average molecular weight is 509 g/mol. The number of aromatic carboxylic acids is 1. The van der Waals surface area contributed by atoms with E-state index in [1.165, 1.54) is 6.07 Å². The molecule has 2 N–H and O–H groups in total. The van der Waals surface area contributed by atoms with Crippen molar-refractivity contribution in [2.45, 2.75) is 57.4 Å². The normalized spacial score (nSPS) is 14.5. The number of carboxylic acid groups (broad SMARTS) is 1. The lowest BCUT2D eigenvalue weighted by Crippen LogP contribution is -2.39. The molecule has 3 rings (SSSR count). The minimum atomic E-state index is -0.905. The van der Waals surface area contributed by atoms with Crippen molar-refractivity contribution in [2.24, 2.45) is 5.41 Å². The Bertz CT molecular complexity index is 943. The van der Waals surface area contributed by atoms with Gasteiger partial charge in [-0.3, -0.25) is 4.79 Å². The van der Waals surface area contributed by atoms with E-state index in [2.05, 4.69) is 30.4 Å². The third kappa shape index (κ3) is 11.1. The van der Waals surface area contributed by atoms with Gasteiger partial charge >= 0.3 is 5.97 Å². The van der Waals surface area contributed by atoms with Crippen molar-refractivity contribution in [1.82, 2.24) is 9.62 Å². The zero-order chi connectivity index (χ0) is 25.8. The molecule has 0 bridgehead atoms. The van der Waals surface area contributed by atoms with Crippen LogP contribution in [-0.4, -0.2) is 47.5 Å². The zero-order valence-electron chi connectivity index (χ0n) is 20.4. The molecule has 0 radical (unpaired) electrons. The van der Waals surface area contributed by atoms with Gasteiger partial charge in [0.25, 0.3) is 0 Å². The molecule has 0 spiro atoms. The fourth-order valence-corrected chi connectivity index (χ4v) is 4.33. The van der Waals surface area contributed by atoms with Crippen molar-refractivity contribution in [2.75, 3.05) is 19.7 Å². The number of piperidine rings is 1. The lowest BCUT2D eigenvalue weighted by molar-refractivity contribution is -0.110. The van der Waals surface area contributed by atoms with Crippen LogP contribution in [0.15, 0.2) is 47.4 Å². The van der Waals surface area contributed by atoms with Crippen LogP contribution < -0.4 is 10.1 Å². The van der Waals surface area contributed by atoms with Crippen LogP contribution in [0.25, 0.3) is 0 Å². The SMILES string of the molecule is CC(C)(C)CCCOc1ccc(F)c(F)c1.O=CNC1CCN(Sc2ccc(C(=O)O)cc2)CC1. The number of hydrogen-bond acceptors (Lipinski definition) is 5. The van der Waals surface area contributed by atoms with E-state index in [9.17, 15) is 18.4 Å². The second-order valence-electron chi connectivity index (χ2n) is 9.50. The van der Waals surface area contributed by atoms with Gasteiger partial charge in [-0.15, -0.1) is 0 Å². The molecular weight excluding hydrogens is 474 g/mol. The minimum Gasteiger partial charge on any atom is -0.493 e. The summed E-state index contributed by atoms with van der Waals surface area (Å²) in [4.78, 5) is 22.1. The first kappa shape index (κ1) is 28.6. The largest absolute Gasteiger partial charge is 0.493 e. The van der Waals surface area contributed by atoms with Gasteiger partial charge in [0.2, 0.25) is 6.41 Å². The quantitative estimate of drug-likeness (QED) is 0.254. The van der Waals surface area contributed by atoms with Crippen LogP contribution in [0.3, 0.4) is 0 Å². The summed E-state index contributed by atoms with van der Waals surface area (Å²) in [5.74, 6) is -2.24. The molecule has 1 saturated heterocycles. The Balaban J connectivity index is 0.000000251. The maximum absolute atomic E-state index is 12.8. The van der Waals surface area contributed by atoms with E-state index in [1.54, 1.807) is 24.1 Å². The number of carboxylic acids is 1. The molecular formula is C26H34F2N2O4S. The number of rotatable bonds is 9. The van der Waals surface area contributed by atoms with E-state index in [4.69, 9.17) is 9.84 Å². The Kier molecular flexibility index (Phi) is 11.5. The fraction of sp³-hybridized carbons (Fsp3) is 0.462. The van der Waals surface area contributed by atoms with Crippen LogP contribution in [0.5, 0.6) is 5.75 Å². The molecule has 0 aliphatic carbocycles. The van der Waals surface area contributed by atoms with Crippen molar-refractivity contribution < 1.29 is 28.2 Å². The average Bonchev–Trinajstić information content (AvgIpc) is 2.81. The topological polar surface area (TPSA) is 78.9 Å². The van der Waals surface area contributed by atoms with Gasteiger partial charge in [0.05, 0.1) is 12.2 Å². The summed E-state index contributed by atoms with van der Waals surface area (Å²) in [7, 11) is 0. The Morgan fingerprint density at radius 3 is 2.34 bits per heavy atom. The molecule has 0 aromatic heterocycles. The molecule has 0 saturated carbocycles. The molecule has 0 unspecified atom stereocenters. The van der Waals surface area contributed by atoms with Gasteiger partial charge < -0.3 is 15.2 Å². The summed E-state index contributed by atoms with van der Waals surface area (Å²) in [6, 6.07) is 10.8. The molecule has 1 aliphatic rings. The number of carbonyl (C=O) groups is 2. The molecule has 192 valence electrons. The Morgan fingerprint density at radius 1 is 1.14 bits per heavy atom. The van der Waals surface area contributed by atoms with Crippen molar-refractivity contribution in [1.29, 1.82) is 0 Å². The number of amides is 1. The van der Waals surface area contributed by atoms with Crippen LogP contribution in [0.1, 0.15) is 56.8 Å². The Morgan fingerprint density at radius 2 is 1.80 bits per heavy atom. The van der Waals surface area contributed by atoms with Crippen molar-refractivity contribution in [3.05, 3.63) is 59.7 Å². The standard InChI is InChI=1S/C13H18F2O.C13H16N2O3S/c1-13(2,3)7-4-8-16-10-5-6-11(14)12(15)9-10;16-9-14-11-5-7-15(8-6-11)19-12-3-1-10(2-4-12)13(17)18/h5-6,9H,4,7-8H2,1-3H3;1-4,9,11H,5-8H2,(H,14,16)(H,17,18). The zero-order valence-corrected chi connectivity index (χ0v) is 21.2. The molecule has 9 heteroatoms.